The molecule has 0 aromatic heterocycles. The summed E-state index contributed by atoms with van der Waals surface area (Å²) in [5, 5.41) is 4.10. The Morgan fingerprint density at radius 2 is 1.90 bits per heavy atom. The number of nitrogens with one attached hydrogen (secondary N) is 1. The molecule has 0 amide bonds. The van der Waals surface area contributed by atoms with Crippen LogP contribution < -0.4 is 10.1 Å². The molecule has 0 heterocycles. The molecule has 1 atom stereocenters. The zero-order valence-electron chi connectivity index (χ0n) is 12.1. The fourth-order valence-corrected chi connectivity index (χ4v) is 2.61. The van der Waals surface area contributed by atoms with E-state index in [9.17, 15) is 0 Å². The number of benzene rings is 2. The van der Waals surface area contributed by atoms with Gasteiger partial charge >= 0.3 is 0 Å². The maximum atomic E-state index is 6.34. The van der Waals surface area contributed by atoms with Crippen LogP contribution in [0, 0.1) is 6.92 Å². The van der Waals surface area contributed by atoms with Crippen LogP contribution in [0.25, 0.3) is 0 Å². The highest BCUT2D eigenvalue weighted by Gasteiger charge is 2.19. The average molecular weight is 290 g/mol. The molecule has 0 aliphatic rings. The highest BCUT2D eigenvalue weighted by molar-refractivity contribution is 6.31. The Kier molecular flexibility index (Phi) is 5.05. The fraction of sp³-hybridized carbons (Fsp3) is 0.294. The molecule has 0 fully saturated rings. The standard InChI is InChI=1S/C17H20ClNO/c1-4-20-16-10-9-12(2)11-14(16)17(19-3)13-7-5-6-8-15(13)18/h5-11,17,19H,4H2,1-3H3. The van der Waals surface area contributed by atoms with E-state index in [0.29, 0.717) is 6.61 Å². The number of halogens is 1. The van der Waals surface area contributed by atoms with Gasteiger partial charge in [-0.25, -0.2) is 0 Å². The number of aryl methyl sites for hydroxylation is 1. The molecule has 1 N–H and O–H groups in total. The molecule has 0 saturated carbocycles. The Hall–Kier alpha value is -1.51. The second-order valence-electron chi connectivity index (χ2n) is 4.72. The first-order chi connectivity index (χ1) is 9.67. The van der Waals surface area contributed by atoms with E-state index in [2.05, 4.69) is 24.4 Å². The molecule has 3 heteroatoms. The monoisotopic (exact) mass is 289 g/mol. The van der Waals surface area contributed by atoms with E-state index in [4.69, 9.17) is 16.3 Å². The molecular formula is C17H20ClNO. The van der Waals surface area contributed by atoms with Crippen LogP contribution >= 0.6 is 11.6 Å². The highest BCUT2D eigenvalue weighted by atomic mass is 35.5. The molecule has 0 radical (unpaired) electrons. The average Bonchev–Trinajstić information content (AvgIpc) is 2.44. The van der Waals surface area contributed by atoms with Crippen molar-refractivity contribution in [1.29, 1.82) is 0 Å². The first-order valence-corrected chi connectivity index (χ1v) is 7.20. The lowest BCUT2D eigenvalue weighted by Crippen LogP contribution is -2.19. The molecule has 0 spiro atoms. The van der Waals surface area contributed by atoms with Gasteiger partial charge < -0.3 is 10.1 Å². The second kappa shape index (κ2) is 6.78. The van der Waals surface area contributed by atoms with Crippen molar-refractivity contribution in [2.24, 2.45) is 0 Å². The minimum Gasteiger partial charge on any atom is -0.494 e. The SMILES string of the molecule is CCOc1ccc(C)cc1C(NC)c1ccccc1Cl. The summed E-state index contributed by atoms with van der Waals surface area (Å²) in [5.41, 5.74) is 3.38. The van der Waals surface area contributed by atoms with E-state index in [1.54, 1.807) is 0 Å². The molecule has 106 valence electrons. The summed E-state index contributed by atoms with van der Waals surface area (Å²) in [5.74, 6) is 0.900. The van der Waals surface area contributed by atoms with Crippen molar-refractivity contribution in [2.45, 2.75) is 19.9 Å². The highest BCUT2D eigenvalue weighted by Crippen LogP contribution is 2.34. The van der Waals surface area contributed by atoms with Crippen molar-refractivity contribution < 1.29 is 4.74 Å². The van der Waals surface area contributed by atoms with Crippen LogP contribution in [-0.4, -0.2) is 13.7 Å². The van der Waals surface area contributed by atoms with Crippen LogP contribution in [0.3, 0.4) is 0 Å². The number of hydrogen-bond acceptors (Lipinski definition) is 2. The first kappa shape index (κ1) is 14.9. The van der Waals surface area contributed by atoms with Crippen LogP contribution in [0.2, 0.25) is 5.02 Å². The Morgan fingerprint density at radius 1 is 1.15 bits per heavy atom. The van der Waals surface area contributed by atoms with Gasteiger partial charge in [-0.05, 0) is 38.6 Å². The molecule has 2 aromatic carbocycles. The third kappa shape index (κ3) is 3.14. The van der Waals surface area contributed by atoms with E-state index < -0.39 is 0 Å². The molecule has 20 heavy (non-hydrogen) atoms. The van der Waals surface area contributed by atoms with Crippen LogP contribution in [0.15, 0.2) is 42.5 Å². The predicted octanol–water partition coefficient (Wildman–Crippen LogP) is 4.36. The zero-order chi connectivity index (χ0) is 14.5. The van der Waals surface area contributed by atoms with Crippen molar-refractivity contribution in [1.82, 2.24) is 5.32 Å². The fourth-order valence-electron chi connectivity index (χ4n) is 2.37. The lowest BCUT2D eigenvalue weighted by atomic mass is 9.96. The lowest BCUT2D eigenvalue weighted by molar-refractivity contribution is 0.334. The minimum atomic E-state index is 0.0187. The Morgan fingerprint density at radius 3 is 2.55 bits per heavy atom. The predicted molar refractivity (Wildman–Crippen MR) is 84.7 cm³/mol. The largest absolute Gasteiger partial charge is 0.494 e. The number of hydrogen-bond donors (Lipinski definition) is 1. The molecule has 2 aromatic rings. The van der Waals surface area contributed by atoms with E-state index in [1.165, 1.54) is 5.56 Å². The third-order valence-corrected chi connectivity index (χ3v) is 3.63. The third-order valence-electron chi connectivity index (χ3n) is 3.28. The van der Waals surface area contributed by atoms with E-state index in [0.717, 1.165) is 21.9 Å². The van der Waals surface area contributed by atoms with Crippen molar-refractivity contribution >= 4 is 11.6 Å². The summed E-state index contributed by atoms with van der Waals surface area (Å²) in [4.78, 5) is 0. The first-order valence-electron chi connectivity index (χ1n) is 6.82. The summed E-state index contributed by atoms with van der Waals surface area (Å²) in [6.07, 6.45) is 0. The van der Waals surface area contributed by atoms with Crippen LogP contribution in [0.5, 0.6) is 5.75 Å². The summed E-state index contributed by atoms with van der Waals surface area (Å²) >= 11 is 6.34. The van der Waals surface area contributed by atoms with E-state index in [-0.39, 0.29) is 6.04 Å². The zero-order valence-corrected chi connectivity index (χ0v) is 12.9. The maximum absolute atomic E-state index is 6.34. The van der Waals surface area contributed by atoms with Gasteiger partial charge in [-0.3, -0.25) is 0 Å². The summed E-state index contributed by atoms with van der Waals surface area (Å²) in [6, 6.07) is 14.2. The van der Waals surface area contributed by atoms with Gasteiger partial charge in [0.05, 0.1) is 12.6 Å². The van der Waals surface area contributed by atoms with Gasteiger partial charge in [0.2, 0.25) is 0 Å². The molecule has 0 aliphatic carbocycles. The van der Waals surface area contributed by atoms with Crippen molar-refractivity contribution in [3.05, 3.63) is 64.2 Å². The maximum Gasteiger partial charge on any atom is 0.124 e. The van der Waals surface area contributed by atoms with Crippen molar-refractivity contribution in [3.8, 4) is 5.75 Å². The summed E-state index contributed by atoms with van der Waals surface area (Å²) < 4.78 is 5.75. The lowest BCUT2D eigenvalue weighted by Gasteiger charge is -2.22. The van der Waals surface area contributed by atoms with Crippen molar-refractivity contribution in [3.63, 3.8) is 0 Å². The molecule has 0 aliphatic heterocycles. The van der Waals surface area contributed by atoms with E-state index in [1.807, 2.05) is 44.3 Å². The normalized spacial score (nSPS) is 12.2. The van der Waals surface area contributed by atoms with Gasteiger partial charge in [-0.1, -0.05) is 47.5 Å². The van der Waals surface area contributed by atoms with Crippen LogP contribution in [0.1, 0.15) is 29.7 Å². The molecule has 1 unspecified atom stereocenters. The molecule has 0 bridgehead atoms. The van der Waals surface area contributed by atoms with Gasteiger partial charge in [0.15, 0.2) is 0 Å². The number of ether oxygens (including phenoxy) is 1. The number of rotatable bonds is 5. The van der Waals surface area contributed by atoms with Crippen molar-refractivity contribution in [2.75, 3.05) is 13.7 Å². The molecular weight excluding hydrogens is 270 g/mol. The summed E-state index contributed by atoms with van der Waals surface area (Å²) in [6.45, 7) is 4.72. The summed E-state index contributed by atoms with van der Waals surface area (Å²) in [7, 11) is 1.94. The Bertz CT molecular complexity index is 583. The molecule has 0 saturated heterocycles. The Labute approximate surface area is 125 Å². The van der Waals surface area contributed by atoms with Gasteiger partial charge in [-0.2, -0.15) is 0 Å². The topological polar surface area (TPSA) is 21.3 Å². The van der Waals surface area contributed by atoms with E-state index >= 15 is 0 Å². The van der Waals surface area contributed by atoms with Crippen LogP contribution in [0.4, 0.5) is 0 Å². The van der Waals surface area contributed by atoms with Gasteiger partial charge in [0.25, 0.3) is 0 Å². The Balaban J connectivity index is 2.51. The quantitative estimate of drug-likeness (QED) is 0.883. The van der Waals surface area contributed by atoms with Gasteiger partial charge in [0, 0.05) is 10.6 Å². The van der Waals surface area contributed by atoms with Gasteiger partial charge in [-0.15, -0.1) is 0 Å². The van der Waals surface area contributed by atoms with Gasteiger partial charge in [0.1, 0.15) is 5.75 Å². The smallest absolute Gasteiger partial charge is 0.124 e. The molecule has 2 rings (SSSR count). The minimum absolute atomic E-state index is 0.0187. The van der Waals surface area contributed by atoms with Crippen LogP contribution in [-0.2, 0) is 0 Å². The molecule has 2 nitrogen and oxygen atoms in total. The second-order valence-corrected chi connectivity index (χ2v) is 5.12.